The molecule has 39 heavy (non-hydrogen) atoms. The van der Waals surface area contributed by atoms with Crippen molar-refractivity contribution in [1.29, 1.82) is 0 Å². The standard InChI is InChI=1S/C28H34FIN6O3/c1-27(2,3)39-26(37)33-23-19-14-18(29)8-7-17(19)15-28(23)9-11-35(12-10-28)20-16-31-22-24(30)34-36(25(22)32-20)21-6-4-5-13-38-21/h7-8,14,16,21,23H,4-6,9-13,15H2,1-3H3,(H,33,37)/t21?,23-/m1/s1. The number of fused-ring (bicyclic) bond motifs is 2. The number of halogens is 2. The summed E-state index contributed by atoms with van der Waals surface area (Å²) >= 11 is 2.21. The van der Waals surface area contributed by atoms with E-state index < -0.39 is 11.7 Å². The van der Waals surface area contributed by atoms with Crippen molar-refractivity contribution in [2.24, 2.45) is 5.41 Å². The summed E-state index contributed by atoms with van der Waals surface area (Å²) in [6, 6.07) is 4.60. The molecule has 2 atom stereocenters. The van der Waals surface area contributed by atoms with Gasteiger partial charge in [0.05, 0.1) is 12.2 Å². The van der Waals surface area contributed by atoms with E-state index >= 15 is 0 Å². The van der Waals surface area contributed by atoms with Crippen LogP contribution in [0.1, 0.15) is 76.3 Å². The number of anilines is 1. The molecule has 3 aromatic rings. The van der Waals surface area contributed by atoms with Crippen molar-refractivity contribution >= 4 is 45.7 Å². The van der Waals surface area contributed by atoms with Crippen LogP contribution in [-0.4, -0.2) is 51.1 Å². The lowest BCUT2D eigenvalue weighted by atomic mass is 9.72. The van der Waals surface area contributed by atoms with Gasteiger partial charge in [-0.25, -0.2) is 23.8 Å². The van der Waals surface area contributed by atoms with Crippen LogP contribution in [0.2, 0.25) is 0 Å². The number of hydrogen-bond acceptors (Lipinski definition) is 7. The summed E-state index contributed by atoms with van der Waals surface area (Å²) in [5, 5.41) is 7.81. The van der Waals surface area contributed by atoms with Crippen molar-refractivity contribution < 1.29 is 18.7 Å². The average Bonchev–Trinajstić information content (AvgIpc) is 3.38. The van der Waals surface area contributed by atoms with Gasteiger partial charge in [0, 0.05) is 25.1 Å². The van der Waals surface area contributed by atoms with Crippen LogP contribution in [-0.2, 0) is 15.9 Å². The molecule has 1 aromatic carbocycles. The highest BCUT2D eigenvalue weighted by Gasteiger charge is 2.49. The zero-order valence-corrected chi connectivity index (χ0v) is 24.7. The average molecular weight is 649 g/mol. The molecule has 1 unspecified atom stereocenters. The number of carbonyl (C=O) groups excluding carboxylic acids is 1. The first-order valence-corrected chi connectivity index (χ1v) is 14.7. The Labute approximate surface area is 241 Å². The molecule has 0 bridgehead atoms. The molecule has 1 amide bonds. The second kappa shape index (κ2) is 10.1. The van der Waals surface area contributed by atoms with Crippen LogP contribution in [0.3, 0.4) is 0 Å². The normalized spacial score (nSPS) is 22.7. The Bertz CT molecular complexity index is 1390. The van der Waals surface area contributed by atoms with Crippen LogP contribution >= 0.6 is 22.6 Å². The molecule has 0 saturated carbocycles. The quantitative estimate of drug-likeness (QED) is 0.366. The van der Waals surface area contributed by atoms with Crippen LogP contribution in [0.4, 0.5) is 15.0 Å². The lowest BCUT2D eigenvalue weighted by molar-refractivity contribution is -0.0372. The maximum Gasteiger partial charge on any atom is 0.408 e. The fourth-order valence-corrected chi connectivity index (χ4v) is 6.86. The summed E-state index contributed by atoms with van der Waals surface area (Å²) < 4.78 is 28.6. The summed E-state index contributed by atoms with van der Waals surface area (Å²) in [6.07, 6.45) is 6.73. The number of nitrogens with zero attached hydrogens (tertiary/aromatic N) is 5. The maximum atomic E-state index is 14.3. The molecule has 11 heteroatoms. The van der Waals surface area contributed by atoms with Gasteiger partial charge in [0.2, 0.25) is 0 Å². The Kier molecular flexibility index (Phi) is 6.93. The van der Waals surface area contributed by atoms with Crippen LogP contribution in [0, 0.1) is 14.9 Å². The lowest BCUT2D eigenvalue weighted by Crippen LogP contribution is -2.48. The Balaban J connectivity index is 1.24. The number of rotatable bonds is 3. The number of aromatic nitrogens is 4. The molecular weight excluding hydrogens is 614 g/mol. The fraction of sp³-hybridized carbons (Fsp3) is 0.571. The molecule has 1 N–H and O–H groups in total. The van der Waals surface area contributed by atoms with Gasteiger partial charge in [0.25, 0.3) is 0 Å². The molecule has 2 aromatic heterocycles. The largest absolute Gasteiger partial charge is 0.444 e. The minimum absolute atomic E-state index is 0.115. The van der Waals surface area contributed by atoms with E-state index in [1.54, 1.807) is 6.07 Å². The van der Waals surface area contributed by atoms with Crippen LogP contribution < -0.4 is 10.2 Å². The summed E-state index contributed by atoms with van der Waals surface area (Å²) in [7, 11) is 0. The first-order chi connectivity index (χ1) is 18.6. The van der Waals surface area contributed by atoms with Crippen molar-refractivity contribution in [2.45, 2.75) is 77.2 Å². The third kappa shape index (κ3) is 5.19. The smallest absolute Gasteiger partial charge is 0.408 e. The van der Waals surface area contributed by atoms with E-state index in [-0.39, 0.29) is 23.5 Å². The van der Waals surface area contributed by atoms with E-state index in [1.807, 2.05) is 37.7 Å². The van der Waals surface area contributed by atoms with Crippen molar-refractivity contribution in [3.8, 4) is 0 Å². The number of alkyl carbamates (subject to hydrolysis) is 1. The Hall–Kier alpha value is -2.54. The maximum absolute atomic E-state index is 14.3. The molecule has 2 aliphatic heterocycles. The van der Waals surface area contributed by atoms with Crippen molar-refractivity contribution in [3.63, 3.8) is 0 Å². The topological polar surface area (TPSA) is 94.4 Å². The van der Waals surface area contributed by atoms with E-state index in [0.29, 0.717) is 0 Å². The van der Waals surface area contributed by atoms with Gasteiger partial charge < -0.3 is 19.7 Å². The SMILES string of the molecule is CC(C)(C)OC(=O)N[C@@H]1c2cc(F)ccc2CC12CCN(c1cnc3c(I)nn(C4CCCCO4)c3n1)CC2. The van der Waals surface area contributed by atoms with Gasteiger partial charge in [0.15, 0.2) is 15.6 Å². The molecule has 208 valence electrons. The second-order valence-electron chi connectivity index (χ2n) is 11.9. The highest BCUT2D eigenvalue weighted by atomic mass is 127. The van der Waals surface area contributed by atoms with Gasteiger partial charge in [0.1, 0.15) is 22.8 Å². The number of amides is 1. The molecule has 9 nitrogen and oxygen atoms in total. The van der Waals surface area contributed by atoms with Crippen molar-refractivity contribution in [1.82, 2.24) is 25.1 Å². The number of nitrogens with one attached hydrogen (secondary N) is 1. The van der Waals surface area contributed by atoms with E-state index in [2.05, 4.69) is 32.8 Å². The number of carbonyl (C=O) groups is 1. The zero-order chi connectivity index (χ0) is 27.4. The van der Waals surface area contributed by atoms with E-state index in [0.717, 1.165) is 90.0 Å². The third-order valence-corrected chi connectivity index (χ3v) is 8.82. The fourth-order valence-electron chi connectivity index (χ4n) is 6.24. The van der Waals surface area contributed by atoms with Gasteiger partial charge in [-0.05, 0) is 105 Å². The van der Waals surface area contributed by atoms with E-state index in [4.69, 9.17) is 24.5 Å². The van der Waals surface area contributed by atoms with Crippen molar-refractivity contribution in [3.05, 3.63) is 45.0 Å². The van der Waals surface area contributed by atoms with Gasteiger partial charge in [-0.3, -0.25) is 0 Å². The monoisotopic (exact) mass is 648 g/mol. The summed E-state index contributed by atoms with van der Waals surface area (Å²) in [6.45, 7) is 7.74. The molecule has 4 heterocycles. The number of piperidine rings is 1. The molecule has 6 rings (SSSR count). The zero-order valence-electron chi connectivity index (χ0n) is 22.5. The summed E-state index contributed by atoms with van der Waals surface area (Å²) in [5.41, 5.74) is 2.62. The van der Waals surface area contributed by atoms with E-state index in [9.17, 15) is 9.18 Å². The molecular formula is C28H34FIN6O3. The highest BCUT2D eigenvalue weighted by molar-refractivity contribution is 14.1. The van der Waals surface area contributed by atoms with Crippen LogP contribution in [0.25, 0.3) is 11.2 Å². The molecule has 1 aliphatic carbocycles. The Morgan fingerprint density at radius 2 is 2.05 bits per heavy atom. The minimum Gasteiger partial charge on any atom is -0.444 e. The lowest BCUT2D eigenvalue weighted by Gasteiger charge is -2.43. The third-order valence-electron chi connectivity index (χ3n) is 8.10. The second-order valence-corrected chi connectivity index (χ2v) is 12.9. The number of benzene rings is 1. The molecule has 1 spiro atoms. The van der Waals surface area contributed by atoms with Crippen molar-refractivity contribution in [2.75, 3.05) is 24.6 Å². The van der Waals surface area contributed by atoms with Crippen LogP contribution in [0.15, 0.2) is 24.4 Å². The van der Waals surface area contributed by atoms with Crippen LogP contribution in [0.5, 0.6) is 0 Å². The van der Waals surface area contributed by atoms with Gasteiger partial charge >= 0.3 is 6.09 Å². The number of hydrogen-bond donors (Lipinski definition) is 1. The minimum atomic E-state index is -0.617. The number of ether oxygens (including phenoxy) is 2. The predicted octanol–water partition coefficient (Wildman–Crippen LogP) is 5.68. The summed E-state index contributed by atoms with van der Waals surface area (Å²) in [5.74, 6) is 0.514. The first kappa shape index (κ1) is 26.7. The van der Waals surface area contributed by atoms with Gasteiger partial charge in [-0.2, -0.15) is 5.10 Å². The van der Waals surface area contributed by atoms with E-state index in [1.165, 1.54) is 6.07 Å². The van der Waals surface area contributed by atoms with Gasteiger partial charge in [-0.1, -0.05) is 6.07 Å². The Morgan fingerprint density at radius 1 is 1.26 bits per heavy atom. The molecule has 2 saturated heterocycles. The first-order valence-electron chi connectivity index (χ1n) is 13.7. The predicted molar refractivity (Wildman–Crippen MR) is 153 cm³/mol. The van der Waals surface area contributed by atoms with Gasteiger partial charge in [-0.15, -0.1) is 0 Å². The molecule has 3 aliphatic rings. The molecule has 0 radical (unpaired) electrons. The molecule has 2 fully saturated rings. The summed E-state index contributed by atoms with van der Waals surface area (Å²) in [4.78, 5) is 24.8. The Morgan fingerprint density at radius 3 is 2.77 bits per heavy atom. The highest BCUT2D eigenvalue weighted by Crippen LogP contribution is 2.52.